The maximum atomic E-state index is 5.95. The van der Waals surface area contributed by atoms with E-state index in [0.29, 0.717) is 6.04 Å². The third-order valence-corrected chi connectivity index (χ3v) is 5.47. The molecule has 0 amide bonds. The lowest BCUT2D eigenvalue weighted by molar-refractivity contribution is 0.101. The minimum atomic E-state index is -0.0700. The molecular formula is C25H27NO. The summed E-state index contributed by atoms with van der Waals surface area (Å²) >= 11 is 0. The minimum Gasteiger partial charge on any atom is -0.368 e. The Morgan fingerprint density at radius 2 is 1.15 bits per heavy atom. The number of nitrogens with zero attached hydrogens (tertiary/aromatic N) is 1. The Morgan fingerprint density at radius 3 is 1.56 bits per heavy atom. The summed E-state index contributed by atoms with van der Waals surface area (Å²) in [6.07, 6.45) is 0.997. The lowest BCUT2D eigenvalue weighted by Crippen LogP contribution is -2.45. The van der Waals surface area contributed by atoms with Gasteiger partial charge in [-0.2, -0.15) is 0 Å². The van der Waals surface area contributed by atoms with Crippen LogP contribution in [0, 0.1) is 0 Å². The van der Waals surface area contributed by atoms with Gasteiger partial charge in [0.05, 0.1) is 6.61 Å². The van der Waals surface area contributed by atoms with Gasteiger partial charge in [0.1, 0.15) is 5.60 Å². The quantitative estimate of drug-likeness (QED) is 0.522. The summed E-state index contributed by atoms with van der Waals surface area (Å²) in [5.41, 5.74) is 3.98. The van der Waals surface area contributed by atoms with Crippen LogP contribution in [0.3, 0.4) is 0 Å². The molecule has 0 saturated carbocycles. The van der Waals surface area contributed by atoms with Crippen molar-refractivity contribution in [2.24, 2.45) is 0 Å². The van der Waals surface area contributed by atoms with Crippen molar-refractivity contribution in [2.45, 2.75) is 38.1 Å². The number of epoxide rings is 1. The molecule has 0 aromatic heterocycles. The first-order valence-corrected chi connectivity index (χ1v) is 9.73. The highest BCUT2D eigenvalue weighted by molar-refractivity contribution is 5.21. The molecule has 0 unspecified atom stereocenters. The topological polar surface area (TPSA) is 15.8 Å². The molecule has 1 aliphatic heterocycles. The molecule has 3 aromatic rings. The second-order valence-electron chi connectivity index (χ2n) is 7.68. The maximum absolute atomic E-state index is 5.95. The predicted octanol–water partition coefficient (Wildman–Crippen LogP) is 5.09. The molecule has 0 bridgehead atoms. The van der Waals surface area contributed by atoms with Gasteiger partial charge in [-0.3, -0.25) is 4.90 Å². The molecular weight excluding hydrogens is 330 g/mol. The van der Waals surface area contributed by atoms with Gasteiger partial charge in [-0.05, 0) is 30.0 Å². The molecule has 1 fully saturated rings. The first kappa shape index (κ1) is 18.0. The Bertz CT molecular complexity index is 786. The van der Waals surface area contributed by atoms with Crippen LogP contribution in [0.5, 0.6) is 0 Å². The first-order chi connectivity index (χ1) is 13.2. The lowest BCUT2D eigenvalue weighted by Gasteiger charge is -2.35. The SMILES string of the molecule is C[C@@]1([C@H](Cc2ccccc2)N(Cc2ccccc2)Cc2ccccc2)CO1. The number of hydrogen-bond acceptors (Lipinski definition) is 2. The average molecular weight is 357 g/mol. The van der Waals surface area contributed by atoms with Crippen LogP contribution < -0.4 is 0 Å². The molecule has 0 aliphatic carbocycles. The Morgan fingerprint density at radius 1 is 0.741 bits per heavy atom. The Balaban J connectivity index is 1.63. The van der Waals surface area contributed by atoms with E-state index in [4.69, 9.17) is 4.74 Å². The smallest absolute Gasteiger partial charge is 0.105 e. The zero-order valence-electron chi connectivity index (χ0n) is 15.9. The number of rotatable bonds is 8. The summed E-state index contributed by atoms with van der Waals surface area (Å²) < 4.78 is 5.95. The molecule has 2 atom stereocenters. The molecule has 138 valence electrons. The third-order valence-electron chi connectivity index (χ3n) is 5.47. The minimum absolute atomic E-state index is 0.0700. The van der Waals surface area contributed by atoms with Crippen LogP contribution in [0.4, 0.5) is 0 Å². The van der Waals surface area contributed by atoms with E-state index in [-0.39, 0.29) is 5.60 Å². The van der Waals surface area contributed by atoms with E-state index < -0.39 is 0 Å². The first-order valence-electron chi connectivity index (χ1n) is 9.73. The zero-order valence-corrected chi connectivity index (χ0v) is 15.9. The van der Waals surface area contributed by atoms with Crippen molar-refractivity contribution in [2.75, 3.05) is 6.61 Å². The van der Waals surface area contributed by atoms with Crippen LogP contribution >= 0.6 is 0 Å². The standard InChI is InChI=1S/C25H27NO/c1-25(20-27-25)24(17-21-11-5-2-6-12-21)26(18-22-13-7-3-8-14-22)19-23-15-9-4-10-16-23/h2-16,24H,17-20H2,1H3/t24-,25-/m0/s1. The molecule has 0 radical (unpaired) electrons. The highest BCUT2D eigenvalue weighted by Gasteiger charge is 2.49. The Hall–Kier alpha value is -2.42. The summed E-state index contributed by atoms with van der Waals surface area (Å²) in [4.78, 5) is 2.59. The van der Waals surface area contributed by atoms with E-state index in [2.05, 4.69) is 103 Å². The van der Waals surface area contributed by atoms with E-state index in [9.17, 15) is 0 Å². The van der Waals surface area contributed by atoms with E-state index in [1.165, 1.54) is 16.7 Å². The molecule has 1 heterocycles. The Kier molecular flexibility index (Phi) is 5.38. The van der Waals surface area contributed by atoms with Crippen molar-refractivity contribution < 1.29 is 4.74 Å². The zero-order chi connectivity index (χ0) is 18.5. The molecule has 3 aromatic carbocycles. The third kappa shape index (κ3) is 4.65. The van der Waals surface area contributed by atoms with E-state index in [0.717, 1.165) is 26.1 Å². The van der Waals surface area contributed by atoms with Gasteiger partial charge in [0.2, 0.25) is 0 Å². The second kappa shape index (κ2) is 8.08. The summed E-state index contributed by atoms with van der Waals surface area (Å²) in [5.74, 6) is 0. The van der Waals surface area contributed by atoms with E-state index in [1.807, 2.05) is 0 Å². The van der Waals surface area contributed by atoms with Gasteiger partial charge in [-0.25, -0.2) is 0 Å². The molecule has 1 saturated heterocycles. The molecule has 1 aliphatic rings. The average Bonchev–Trinajstić information content (AvgIpc) is 3.46. The van der Waals surface area contributed by atoms with Gasteiger partial charge in [-0.15, -0.1) is 0 Å². The van der Waals surface area contributed by atoms with Crippen LogP contribution in [0.15, 0.2) is 91.0 Å². The highest BCUT2D eigenvalue weighted by atomic mass is 16.6. The second-order valence-corrected chi connectivity index (χ2v) is 7.68. The van der Waals surface area contributed by atoms with Gasteiger partial charge < -0.3 is 4.74 Å². The van der Waals surface area contributed by atoms with Gasteiger partial charge in [-0.1, -0.05) is 91.0 Å². The number of ether oxygens (including phenoxy) is 1. The summed E-state index contributed by atoms with van der Waals surface area (Å²) in [5, 5.41) is 0. The van der Waals surface area contributed by atoms with Crippen LogP contribution in [0.25, 0.3) is 0 Å². The molecule has 0 N–H and O–H groups in total. The van der Waals surface area contributed by atoms with Crippen molar-refractivity contribution in [3.05, 3.63) is 108 Å². The van der Waals surface area contributed by atoms with Crippen molar-refractivity contribution in [1.82, 2.24) is 4.90 Å². The fraction of sp³-hybridized carbons (Fsp3) is 0.280. The van der Waals surface area contributed by atoms with Gasteiger partial charge in [0, 0.05) is 19.1 Å². The van der Waals surface area contributed by atoms with Gasteiger partial charge in [0.25, 0.3) is 0 Å². The molecule has 27 heavy (non-hydrogen) atoms. The van der Waals surface area contributed by atoms with Crippen LogP contribution in [-0.4, -0.2) is 23.1 Å². The number of benzene rings is 3. The monoisotopic (exact) mass is 357 g/mol. The normalized spacial score (nSPS) is 19.8. The molecule has 2 nitrogen and oxygen atoms in total. The highest BCUT2D eigenvalue weighted by Crippen LogP contribution is 2.36. The van der Waals surface area contributed by atoms with Crippen molar-refractivity contribution in [3.63, 3.8) is 0 Å². The summed E-state index contributed by atoms with van der Waals surface area (Å²) in [7, 11) is 0. The maximum Gasteiger partial charge on any atom is 0.105 e. The van der Waals surface area contributed by atoms with Crippen LogP contribution in [0.2, 0.25) is 0 Å². The largest absolute Gasteiger partial charge is 0.368 e. The molecule has 4 rings (SSSR count). The fourth-order valence-electron chi connectivity index (χ4n) is 3.79. The summed E-state index contributed by atoms with van der Waals surface area (Å²) in [6, 6.07) is 32.6. The molecule has 0 spiro atoms. The van der Waals surface area contributed by atoms with Gasteiger partial charge >= 0.3 is 0 Å². The predicted molar refractivity (Wildman–Crippen MR) is 110 cm³/mol. The van der Waals surface area contributed by atoms with Crippen molar-refractivity contribution in [3.8, 4) is 0 Å². The van der Waals surface area contributed by atoms with E-state index in [1.54, 1.807) is 0 Å². The van der Waals surface area contributed by atoms with E-state index >= 15 is 0 Å². The van der Waals surface area contributed by atoms with Crippen LogP contribution in [0.1, 0.15) is 23.6 Å². The Labute approximate surface area is 162 Å². The lowest BCUT2D eigenvalue weighted by atomic mass is 9.92. The number of hydrogen-bond donors (Lipinski definition) is 0. The fourth-order valence-corrected chi connectivity index (χ4v) is 3.79. The van der Waals surface area contributed by atoms with Crippen molar-refractivity contribution >= 4 is 0 Å². The van der Waals surface area contributed by atoms with Gasteiger partial charge in [0.15, 0.2) is 0 Å². The van der Waals surface area contributed by atoms with Crippen molar-refractivity contribution in [1.29, 1.82) is 0 Å². The van der Waals surface area contributed by atoms with Crippen LogP contribution in [-0.2, 0) is 24.2 Å². The summed E-state index contributed by atoms with van der Waals surface area (Å²) in [6.45, 7) is 4.94. The molecule has 2 heteroatoms.